The van der Waals surface area contributed by atoms with Gasteiger partial charge in [0.25, 0.3) is 0 Å². The van der Waals surface area contributed by atoms with Crippen LogP contribution in [0.15, 0.2) is 54.9 Å². The third kappa shape index (κ3) is 3.91. The highest BCUT2D eigenvalue weighted by molar-refractivity contribution is 7.18. The Morgan fingerprint density at radius 2 is 2.04 bits per heavy atom. The quantitative estimate of drug-likeness (QED) is 0.467. The van der Waals surface area contributed by atoms with Crippen molar-refractivity contribution in [3.05, 3.63) is 71.0 Å². The summed E-state index contributed by atoms with van der Waals surface area (Å²) in [6.07, 6.45) is 3.77. The number of fused-ring (bicyclic) bond motifs is 1. The molecule has 0 atom stereocenters. The van der Waals surface area contributed by atoms with Gasteiger partial charge < -0.3 is 10.4 Å². The average Bonchev–Trinajstić information content (AvgIpc) is 3.35. The number of aromatic nitrogens is 3. The number of nitrogens with zero attached hydrogens (tertiary/aromatic N) is 2. The van der Waals surface area contributed by atoms with Crippen molar-refractivity contribution in [1.29, 1.82) is 0 Å². The molecule has 0 radical (unpaired) electrons. The number of carboxylic acid groups (broad SMARTS) is 1. The highest BCUT2D eigenvalue weighted by Gasteiger charge is 2.11. The Balaban J connectivity index is 1.42. The molecule has 0 saturated heterocycles. The molecular weight excluding hydrogens is 376 g/mol. The van der Waals surface area contributed by atoms with Crippen molar-refractivity contribution in [1.82, 2.24) is 20.5 Å². The number of carbonyl (C=O) groups excluding carboxylic acids is 1. The number of benzene rings is 2. The first-order chi connectivity index (χ1) is 13.6. The smallest absolute Gasteiger partial charge is 0.335 e. The summed E-state index contributed by atoms with van der Waals surface area (Å²) < 4.78 is 1.01. The van der Waals surface area contributed by atoms with Crippen molar-refractivity contribution in [2.45, 2.75) is 13.0 Å². The zero-order chi connectivity index (χ0) is 19.5. The molecule has 2 aromatic carbocycles. The van der Waals surface area contributed by atoms with Crippen LogP contribution in [0.2, 0.25) is 0 Å². The fraction of sp³-hybridized carbons (Fsp3) is 0.100. The summed E-state index contributed by atoms with van der Waals surface area (Å²) in [7, 11) is 0. The molecule has 0 aliphatic carbocycles. The number of nitrogens with one attached hydrogen (secondary N) is 2. The molecule has 140 valence electrons. The van der Waals surface area contributed by atoms with Gasteiger partial charge in [-0.05, 0) is 35.4 Å². The summed E-state index contributed by atoms with van der Waals surface area (Å²) in [4.78, 5) is 27.8. The van der Waals surface area contributed by atoms with E-state index in [4.69, 9.17) is 5.11 Å². The van der Waals surface area contributed by atoms with Crippen molar-refractivity contribution >= 4 is 33.4 Å². The second kappa shape index (κ2) is 7.61. The third-order valence-electron chi connectivity index (χ3n) is 4.24. The van der Waals surface area contributed by atoms with Crippen LogP contribution < -0.4 is 5.32 Å². The summed E-state index contributed by atoms with van der Waals surface area (Å²) >= 11 is 1.48. The third-order valence-corrected chi connectivity index (χ3v) is 5.26. The number of aromatic amines is 1. The Bertz CT molecular complexity index is 1150. The lowest BCUT2D eigenvalue weighted by Crippen LogP contribution is -2.24. The Morgan fingerprint density at radius 1 is 1.14 bits per heavy atom. The lowest BCUT2D eigenvalue weighted by atomic mass is 10.1. The molecular formula is C20H16N4O3S. The molecule has 8 heteroatoms. The second-order valence-electron chi connectivity index (χ2n) is 6.24. The van der Waals surface area contributed by atoms with E-state index in [1.807, 2.05) is 24.4 Å². The number of rotatable bonds is 6. The van der Waals surface area contributed by atoms with E-state index in [2.05, 4.69) is 20.5 Å². The fourth-order valence-electron chi connectivity index (χ4n) is 2.85. The van der Waals surface area contributed by atoms with Crippen molar-refractivity contribution in [3.8, 4) is 11.1 Å². The van der Waals surface area contributed by atoms with Crippen LogP contribution in [0.3, 0.4) is 0 Å². The van der Waals surface area contributed by atoms with Gasteiger partial charge in [0.2, 0.25) is 5.91 Å². The van der Waals surface area contributed by atoms with Gasteiger partial charge in [0, 0.05) is 18.3 Å². The van der Waals surface area contributed by atoms with Crippen LogP contribution in [0.4, 0.5) is 0 Å². The molecule has 2 aromatic heterocycles. The molecule has 0 saturated carbocycles. The van der Waals surface area contributed by atoms with E-state index in [0.717, 1.165) is 31.9 Å². The maximum atomic E-state index is 12.3. The average molecular weight is 392 g/mol. The minimum Gasteiger partial charge on any atom is -0.478 e. The molecule has 0 unspecified atom stereocenters. The summed E-state index contributed by atoms with van der Waals surface area (Å²) in [6, 6.07) is 12.5. The lowest BCUT2D eigenvalue weighted by Gasteiger charge is -2.05. The number of aromatic carboxylic acids is 1. The van der Waals surface area contributed by atoms with Crippen molar-refractivity contribution in [2.24, 2.45) is 0 Å². The summed E-state index contributed by atoms with van der Waals surface area (Å²) in [6.45, 7) is 0.273. The Morgan fingerprint density at radius 3 is 2.82 bits per heavy atom. The number of thiazole rings is 1. The molecule has 4 rings (SSSR count). The van der Waals surface area contributed by atoms with Gasteiger partial charge in [-0.3, -0.25) is 9.89 Å². The van der Waals surface area contributed by atoms with Crippen molar-refractivity contribution < 1.29 is 14.7 Å². The second-order valence-corrected chi connectivity index (χ2v) is 7.35. The number of hydrogen-bond donors (Lipinski definition) is 3. The zero-order valence-electron chi connectivity index (χ0n) is 14.7. The molecule has 28 heavy (non-hydrogen) atoms. The zero-order valence-corrected chi connectivity index (χ0v) is 15.5. The molecule has 3 N–H and O–H groups in total. The number of hydrogen-bond acceptors (Lipinski definition) is 5. The van der Waals surface area contributed by atoms with Gasteiger partial charge in [0.1, 0.15) is 5.01 Å². The number of carbonyl (C=O) groups is 2. The minimum atomic E-state index is -0.988. The van der Waals surface area contributed by atoms with Crippen LogP contribution in [0.1, 0.15) is 20.9 Å². The van der Waals surface area contributed by atoms with Crippen LogP contribution in [-0.4, -0.2) is 32.2 Å². The molecule has 0 fully saturated rings. The van der Waals surface area contributed by atoms with Gasteiger partial charge in [-0.15, -0.1) is 11.3 Å². The van der Waals surface area contributed by atoms with Crippen LogP contribution in [0.5, 0.6) is 0 Å². The number of H-pyrrole nitrogens is 1. The van der Waals surface area contributed by atoms with Crippen LogP contribution in [0, 0.1) is 0 Å². The molecule has 7 nitrogen and oxygen atoms in total. The predicted molar refractivity (Wildman–Crippen MR) is 106 cm³/mol. The SMILES string of the molecule is O=C(Cc1nc2ccc(-c3cn[nH]c3)cc2s1)NCc1cccc(C(=O)O)c1. The van der Waals surface area contributed by atoms with E-state index in [9.17, 15) is 9.59 Å². The van der Waals surface area contributed by atoms with Crippen LogP contribution in [0.25, 0.3) is 21.3 Å². The minimum absolute atomic E-state index is 0.158. The Hall–Kier alpha value is -3.52. The topological polar surface area (TPSA) is 108 Å². The Kier molecular flexibility index (Phi) is 4.86. The summed E-state index contributed by atoms with van der Waals surface area (Å²) in [5.74, 6) is -1.15. The first-order valence-corrected chi connectivity index (χ1v) is 9.38. The monoisotopic (exact) mass is 392 g/mol. The van der Waals surface area contributed by atoms with E-state index in [1.54, 1.807) is 24.4 Å². The number of amides is 1. The van der Waals surface area contributed by atoms with Crippen molar-refractivity contribution in [3.63, 3.8) is 0 Å². The molecule has 0 aliphatic rings. The highest BCUT2D eigenvalue weighted by Crippen LogP contribution is 2.28. The van der Waals surface area contributed by atoms with Crippen LogP contribution in [-0.2, 0) is 17.8 Å². The van der Waals surface area contributed by atoms with Gasteiger partial charge in [-0.1, -0.05) is 18.2 Å². The molecule has 0 bridgehead atoms. The molecule has 4 aromatic rings. The van der Waals surface area contributed by atoms with Crippen LogP contribution >= 0.6 is 11.3 Å². The molecule has 2 heterocycles. The maximum absolute atomic E-state index is 12.3. The lowest BCUT2D eigenvalue weighted by molar-refractivity contribution is -0.120. The van der Waals surface area contributed by atoms with Gasteiger partial charge in [0.05, 0.1) is 28.4 Å². The molecule has 1 amide bonds. The standard InChI is InChI=1S/C20H16N4O3S/c25-18(21-9-12-2-1-3-14(6-12)20(26)27)8-19-24-16-5-4-13(7-17(16)28-19)15-10-22-23-11-15/h1-7,10-11H,8-9H2,(H,21,25)(H,22,23)(H,26,27). The van der Waals surface area contributed by atoms with E-state index in [-0.39, 0.29) is 24.4 Å². The van der Waals surface area contributed by atoms with Gasteiger partial charge >= 0.3 is 5.97 Å². The van der Waals surface area contributed by atoms with E-state index in [1.165, 1.54) is 17.4 Å². The number of carboxylic acids is 1. The van der Waals surface area contributed by atoms with E-state index in [0.29, 0.717) is 0 Å². The first-order valence-electron chi connectivity index (χ1n) is 8.56. The summed E-state index contributed by atoms with van der Waals surface area (Å²) in [5.41, 5.74) is 3.83. The highest BCUT2D eigenvalue weighted by atomic mass is 32.1. The Labute approximate surface area is 164 Å². The fourth-order valence-corrected chi connectivity index (χ4v) is 3.86. The summed E-state index contributed by atoms with van der Waals surface area (Å²) in [5, 5.41) is 19.3. The van der Waals surface area contributed by atoms with E-state index < -0.39 is 5.97 Å². The van der Waals surface area contributed by atoms with Crippen molar-refractivity contribution in [2.75, 3.05) is 0 Å². The van der Waals surface area contributed by atoms with E-state index >= 15 is 0 Å². The maximum Gasteiger partial charge on any atom is 0.335 e. The largest absolute Gasteiger partial charge is 0.478 e. The van der Waals surface area contributed by atoms with Gasteiger partial charge in [0.15, 0.2) is 0 Å². The molecule has 0 aliphatic heterocycles. The molecule has 0 spiro atoms. The van der Waals surface area contributed by atoms with Gasteiger partial charge in [-0.2, -0.15) is 5.10 Å². The first kappa shape index (κ1) is 17.9. The normalized spacial score (nSPS) is 10.9. The van der Waals surface area contributed by atoms with Gasteiger partial charge in [-0.25, -0.2) is 9.78 Å². The predicted octanol–water partition coefficient (Wildman–Crippen LogP) is 3.24.